The zero-order chi connectivity index (χ0) is 12.7. The Morgan fingerprint density at radius 2 is 2.06 bits per heavy atom. The molecule has 0 spiro atoms. The van der Waals surface area contributed by atoms with Gasteiger partial charge in [0, 0.05) is 0 Å². The summed E-state index contributed by atoms with van der Waals surface area (Å²) < 4.78 is 5.17. The van der Waals surface area contributed by atoms with E-state index in [0.717, 1.165) is 25.0 Å². The van der Waals surface area contributed by atoms with Crippen molar-refractivity contribution in [3.63, 3.8) is 0 Å². The number of methoxy groups -OCH3 is 1. The topological polar surface area (TPSA) is 9.23 Å². The Morgan fingerprint density at radius 3 is 2.59 bits per heavy atom. The van der Waals surface area contributed by atoms with E-state index in [9.17, 15) is 0 Å². The first kappa shape index (κ1) is 14.1. The molecule has 0 bridgehead atoms. The van der Waals surface area contributed by atoms with E-state index in [-0.39, 0.29) is 0 Å². The van der Waals surface area contributed by atoms with Crippen LogP contribution in [0.4, 0.5) is 0 Å². The molecule has 17 heavy (non-hydrogen) atoms. The van der Waals surface area contributed by atoms with E-state index in [1.54, 1.807) is 7.11 Å². The average Bonchev–Trinajstić information content (AvgIpc) is 2.35. The maximum atomic E-state index is 6.15. The molecule has 0 N–H and O–H groups in total. The van der Waals surface area contributed by atoms with Gasteiger partial charge in [0.05, 0.1) is 12.1 Å². The molecule has 1 rings (SSSR count). The second-order valence-corrected chi connectivity index (χ2v) is 4.52. The van der Waals surface area contributed by atoms with Gasteiger partial charge < -0.3 is 4.74 Å². The molecule has 0 saturated carbocycles. The summed E-state index contributed by atoms with van der Waals surface area (Å²) in [6.45, 7) is 4.37. The molecule has 1 nitrogen and oxygen atoms in total. The second kappa shape index (κ2) is 7.39. The Hall–Kier alpha value is -0.950. The Balaban J connectivity index is 2.81. The van der Waals surface area contributed by atoms with Crippen LogP contribution in [0.2, 0.25) is 5.02 Å². The van der Waals surface area contributed by atoms with Crippen LogP contribution in [0.1, 0.15) is 44.6 Å². The molecular weight excluding hydrogens is 232 g/mol. The summed E-state index contributed by atoms with van der Waals surface area (Å²) in [7, 11) is 1.64. The molecule has 1 aromatic rings. The number of rotatable bonds is 6. The number of hydrogen-bond donors (Lipinski definition) is 0. The molecule has 0 radical (unpaired) electrons. The smallest absolute Gasteiger partial charge is 0.137 e. The predicted molar refractivity (Wildman–Crippen MR) is 75.1 cm³/mol. The maximum Gasteiger partial charge on any atom is 0.137 e. The summed E-state index contributed by atoms with van der Waals surface area (Å²) in [4.78, 5) is 0. The van der Waals surface area contributed by atoms with Gasteiger partial charge in [-0.3, -0.25) is 0 Å². The Morgan fingerprint density at radius 1 is 1.29 bits per heavy atom. The number of allylic oxidation sites excluding steroid dienone is 2. The van der Waals surface area contributed by atoms with E-state index in [1.807, 2.05) is 12.1 Å². The van der Waals surface area contributed by atoms with Crippen LogP contribution in [0, 0.1) is 0 Å². The average molecular weight is 253 g/mol. The van der Waals surface area contributed by atoms with Crippen LogP contribution in [-0.4, -0.2) is 7.11 Å². The summed E-state index contributed by atoms with van der Waals surface area (Å²) in [5, 5.41) is 0.697. The normalized spacial score (nSPS) is 12.9. The Bertz CT molecular complexity index is 371. The van der Waals surface area contributed by atoms with Crippen LogP contribution >= 0.6 is 11.6 Å². The fourth-order valence-electron chi connectivity index (χ4n) is 1.90. The van der Waals surface area contributed by atoms with Crippen molar-refractivity contribution in [3.8, 4) is 5.75 Å². The molecule has 0 saturated heterocycles. The van der Waals surface area contributed by atoms with Gasteiger partial charge in [0.1, 0.15) is 5.75 Å². The second-order valence-electron chi connectivity index (χ2n) is 4.11. The maximum absolute atomic E-state index is 6.15. The summed E-state index contributed by atoms with van der Waals surface area (Å²) >= 11 is 6.15. The lowest BCUT2D eigenvalue weighted by atomic mass is 9.93. The molecule has 0 aliphatic rings. The summed E-state index contributed by atoms with van der Waals surface area (Å²) in [5.74, 6) is 1.29. The van der Waals surface area contributed by atoms with Gasteiger partial charge in [0.25, 0.3) is 0 Å². The number of halogens is 1. The van der Waals surface area contributed by atoms with Crippen molar-refractivity contribution in [1.29, 1.82) is 0 Å². The first-order valence-electron chi connectivity index (χ1n) is 6.21. The molecule has 1 unspecified atom stereocenters. The molecule has 1 atom stereocenters. The van der Waals surface area contributed by atoms with Crippen molar-refractivity contribution in [2.75, 3.05) is 7.11 Å². The largest absolute Gasteiger partial charge is 0.495 e. The van der Waals surface area contributed by atoms with Crippen molar-refractivity contribution in [1.82, 2.24) is 0 Å². The monoisotopic (exact) mass is 252 g/mol. The minimum absolute atomic E-state index is 0.543. The molecule has 0 aromatic heterocycles. The van der Waals surface area contributed by atoms with Gasteiger partial charge in [0.15, 0.2) is 0 Å². The summed E-state index contributed by atoms with van der Waals surface area (Å²) in [5.41, 5.74) is 1.29. The predicted octanol–water partition coefficient (Wildman–Crippen LogP) is 5.20. The fourth-order valence-corrected chi connectivity index (χ4v) is 2.17. The summed E-state index contributed by atoms with van der Waals surface area (Å²) in [6, 6.07) is 6.08. The van der Waals surface area contributed by atoms with Gasteiger partial charge in [-0.05, 0) is 42.9 Å². The number of hydrogen-bond acceptors (Lipinski definition) is 1. The van der Waals surface area contributed by atoms with Crippen molar-refractivity contribution in [2.24, 2.45) is 0 Å². The van der Waals surface area contributed by atoms with Gasteiger partial charge in [-0.25, -0.2) is 0 Å². The minimum atomic E-state index is 0.543. The van der Waals surface area contributed by atoms with E-state index in [4.69, 9.17) is 16.3 Å². The lowest BCUT2D eigenvalue weighted by Gasteiger charge is -2.14. The zero-order valence-electron chi connectivity index (χ0n) is 10.9. The van der Waals surface area contributed by atoms with Gasteiger partial charge in [-0.1, -0.05) is 43.7 Å². The third kappa shape index (κ3) is 4.08. The molecule has 0 fully saturated rings. The van der Waals surface area contributed by atoms with Crippen LogP contribution in [0.5, 0.6) is 5.75 Å². The lowest BCUT2D eigenvalue weighted by molar-refractivity contribution is 0.414. The van der Waals surface area contributed by atoms with Crippen molar-refractivity contribution in [3.05, 3.63) is 40.9 Å². The molecule has 0 aliphatic carbocycles. The molecule has 2 heteroatoms. The Labute approximate surface area is 109 Å². The fraction of sp³-hybridized carbons (Fsp3) is 0.467. The van der Waals surface area contributed by atoms with Gasteiger partial charge in [-0.15, -0.1) is 0 Å². The van der Waals surface area contributed by atoms with E-state index in [2.05, 4.69) is 32.1 Å². The summed E-state index contributed by atoms with van der Waals surface area (Å²) in [6.07, 6.45) is 7.77. The minimum Gasteiger partial charge on any atom is -0.495 e. The van der Waals surface area contributed by atoms with Crippen molar-refractivity contribution < 1.29 is 4.74 Å². The van der Waals surface area contributed by atoms with Crippen LogP contribution in [0.25, 0.3) is 0 Å². The Kier molecular flexibility index (Phi) is 6.13. The molecule has 94 valence electrons. The van der Waals surface area contributed by atoms with Crippen LogP contribution in [0.3, 0.4) is 0 Å². The van der Waals surface area contributed by atoms with Crippen LogP contribution in [-0.2, 0) is 0 Å². The lowest BCUT2D eigenvalue weighted by Crippen LogP contribution is -1.96. The highest BCUT2D eigenvalue weighted by molar-refractivity contribution is 6.32. The molecule has 0 aliphatic heterocycles. The van der Waals surface area contributed by atoms with Gasteiger partial charge in [-0.2, -0.15) is 0 Å². The third-order valence-corrected chi connectivity index (χ3v) is 3.26. The molecule has 1 aromatic carbocycles. The standard InChI is InChI=1S/C15H21ClO/c1-4-6-7-8-12(5-2)13-9-10-15(17-3)14(16)11-13/h6-7,9-12H,4-5,8H2,1-3H3/b7-6-. The van der Waals surface area contributed by atoms with Crippen molar-refractivity contribution in [2.45, 2.75) is 39.0 Å². The molecule has 0 heterocycles. The highest BCUT2D eigenvalue weighted by Gasteiger charge is 2.10. The number of ether oxygens (including phenoxy) is 1. The number of benzene rings is 1. The quantitative estimate of drug-likeness (QED) is 0.633. The van der Waals surface area contributed by atoms with Crippen molar-refractivity contribution >= 4 is 11.6 Å². The SMILES string of the molecule is CC/C=C\CC(CC)c1ccc(OC)c(Cl)c1. The van der Waals surface area contributed by atoms with Gasteiger partial charge in [0.2, 0.25) is 0 Å². The third-order valence-electron chi connectivity index (χ3n) is 2.96. The van der Waals surface area contributed by atoms with E-state index >= 15 is 0 Å². The first-order valence-corrected chi connectivity index (χ1v) is 6.59. The molecular formula is C15H21ClO. The highest BCUT2D eigenvalue weighted by atomic mass is 35.5. The highest BCUT2D eigenvalue weighted by Crippen LogP contribution is 2.31. The molecule has 0 amide bonds. The van der Waals surface area contributed by atoms with E-state index < -0.39 is 0 Å². The zero-order valence-corrected chi connectivity index (χ0v) is 11.6. The van der Waals surface area contributed by atoms with Crippen LogP contribution in [0.15, 0.2) is 30.4 Å². The first-order chi connectivity index (χ1) is 8.22. The van der Waals surface area contributed by atoms with Gasteiger partial charge >= 0.3 is 0 Å². The van der Waals surface area contributed by atoms with E-state index in [1.165, 1.54) is 5.56 Å². The van der Waals surface area contributed by atoms with E-state index in [0.29, 0.717) is 10.9 Å². The van der Waals surface area contributed by atoms with Crippen LogP contribution < -0.4 is 4.74 Å².